The molecule has 1 aromatic rings. The summed E-state index contributed by atoms with van der Waals surface area (Å²) in [5, 5.41) is 0. The molecule has 2 heteroatoms. The van der Waals surface area contributed by atoms with Crippen molar-refractivity contribution < 1.29 is 9.53 Å². The average Bonchev–Trinajstić information content (AvgIpc) is 2.26. The van der Waals surface area contributed by atoms with Crippen molar-refractivity contribution in [2.45, 2.75) is 39.5 Å². The standard InChI is InChI=1S/C14H20O2/c1-6-10-7-11(13(15)16-5)9-12(8-10)14(2,3)4/h7-9H,6H2,1-5H3. The van der Waals surface area contributed by atoms with Crippen molar-refractivity contribution in [1.82, 2.24) is 0 Å². The van der Waals surface area contributed by atoms with Gasteiger partial charge in [0, 0.05) is 0 Å². The first-order valence-corrected chi connectivity index (χ1v) is 5.61. The highest BCUT2D eigenvalue weighted by Crippen LogP contribution is 2.25. The molecule has 0 atom stereocenters. The number of carbonyl (C=O) groups excluding carboxylic acids is 1. The van der Waals surface area contributed by atoms with E-state index in [0.29, 0.717) is 5.56 Å². The van der Waals surface area contributed by atoms with E-state index in [2.05, 4.69) is 33.8 Å². The summed E-state index contributed by atoms with van der Waals surface area (Å²) in [6, 6.07) is 5.98. The minimum atomic E-state index is -0.263. The summed E-state index contributed by atoms with van der Waals surface area (Å²) < 4.78 is 4.76. The minimum Gasteiger partial charge on any atom is -0.465 e. The van der Waals surface area contributed by atoms with Crippen molar-refractivity contribution in [2.75, 3.05) is 7.11 Å². The molecule has 0 saturated heterocycles. The second kappa shape index (κ2) is 4.69. The molecule has 0 fully saturated rings. The summed E-state index contributed by atoms with van der Waals surface area (Å²) in [5.74, 6) is -0.263. The number of ether oxygens (including phenoxy) is 1. The lowest BCUT2D eigenvalue weighted by Gasteiger charge is -2.20. The van der Waals surface area contributed by atoms with Crippen LogP contribution in [0.5, 0.6) is 0 Å². The Kier molecular flexibility index (Phi) is 3.74. The summed E-state index contributed by atoms with van der Waals surface area (Å²) in [6.07, 6.45) is 0.925. The first kappa shape index (κ1) is 12.8. The van der Waals surface area contributed by atoms with Gasteiger partial charge in [0.2, 0.25) is 0 Å². The van der Waals surface area contributed by atoms with Gasteiger partial charge in [-0.1, -0.05) is 33.8 Å². The van der Waals surface area contributed by atoms with Gasteiger partial charge in [-0.3, -0.25) is 0 Å². The Morgan fingerprint density at radius 3 is 2.31 bits per heavy atom. The molecule has 0 saturated carbocycles. The van der Waals surface area contributed by atoms with E-state index in [1.54, 1.807) is 0 Å². The van der Waals surface area contributed by atoms with Crippen LogP contribution in [-0.4, -0.2) is 13.1 Å². The van der Waals surface area contributed by atoms with E-state index in [4.69, 9.17) is 4.74 Å². The van der Waals surface area contributed by atoms with Gasteiger partial charge in [0.1, 0.15) is 0 Å². The largest absolute Gasteiger partial charge is 0.465 e. The van der Waals surface area contributed by atoms with Crippen molar-refractivity contribution in [3.63, 3.8) is 0 Å². The number of rotatable bonds is 2. The fraction of sp³-hybridized carbons (Fsp3) is 0.500. The third-order valence-corrected chi connectivity index (χ3v) is 2.69. The van der Waals surface area contributed by atoms with Crippen LogP contribution < -0.4 is 0 Å². The van der Waals surface area contributed by atoms with Crippen LogP contribution in [0.2, 0.25) is 0 Å². The Labute approximate surface area is 97.6 Å². The zero-order valence-corrected chi connectivity index (χ0v) is 10.8. The highest BCUT2D eigenvalue weighted by Gasteiger charge is 2.17. The molecule has 0 aromatic heterocycles. The molecule has 0 aliphatic carbocycles. The Bertz CT molecular complexity index is 386. The summed E-state index contributed by atoms with van der Waals surface area (Å²) >= 11 is 0. The molecular weight excluding hydrogens is 200 g/mol. The molecule has 0 heterocycles. The van der Waals surface area contributed by atoms with Crippen LogP contribution in [0.3, 0.4) is 0 Å². The Hall–Kier alpha value is -1.31. The smallest absolute Gasteiger partial charge is 0.337 e. The predicted octanol–water partition coefficient (Wildman–Crippen LogP) is 3.33. The molecule has 1 rings (SSSR count). The molecule has 0 bridgehead atoms. The zero-order valence-electron chi connectivity index (χ0n) is 10.8. The van der Waals surface area contributed by atoms with Crippen molar-refractivity contribution in [2.24, 2.45) is 0 Å². The van der Waals surface area contributed by atoms with E-state index >= 15 is 0 Å². The van der Waals surface area contributed by atoms with Gasteiger partial charge in [-0.25, -0.2) is 4.79 Å². The molecule has 2 nitrogen and oxygen atoms in total. The van der Waals surface area contributed by atoms with Gasteiger partial charge in [0.05, 0.1) is 12.7 Å². The molecule has 0 aliphatic heterocycles. The maximum Gasteiger partial charge on any atom is 0.337 e. The summed E-state index contributed by atoms with van der Waals surface area (Å²) in [4.78, 5) is 11.5. The average molecular weight is 220 g/mol. The van der Waals surface area contributed by atoms with Crippen molar-refractivity contribution in [1.29, 1.82) is 0 Å². The molecule has 0 N–H and O–H groups in total. The lowest BCUT2D eigenvalue weighted by atomic mass is 9.85. The molecule has 16 heavy (non-hydrogen) atoms. The summed E-state index contributed by atoms with van der Waals surface area (Å²) in [7, 11) is 1.41. The van der Waals surface area contributed by atoms with Crippen LogP contribution in [0.4, 0.5) is 0 Å². The molecule has 0 amide bonds. The Morgan fingerprint density at radius 2 is 1.88 bits per heavy atom. The van der Waals surface area contributed by atoms with Gasteiger partial charge >= 0.3 is 5.97 Å². The Balaban J connectivity index is 3.27. The lowest BCUT2D eigenvalue weighted by Crippen LogP contribution is -2.13. The molecule has 0 aliphatic rings. The van der Waals surface area contributed by atoms with Gasteiger partial charge in [-0.15, -0.1) is 0 Å². The highest BCUT2D eigenvalue weighted by molar-refractivity contribution is 5.89. The van der Waals surface area contributed by atoms with Crippen LogP contribution in [0, 0.1) is 0 Å². The van der Waals surface area contributed by atoms with Gasteiger partial charge in [-0.05, 0) is 35.1 Å². The normalized spacial score (nSPS) is 11.3. The van der Waals surface area contributed by atoms with E-state index in [1.165, 1.54) is 18.2 Å². The third-order valence-electron chi connectivity index (χ3n) is 2.69. The fourth-order valence-corrected chi connectivity index (χ4v) is 1.56. The van der Waals surface area contributed by atoms with Crippen LogP contribution >= 0.6 is 0 Å². The highest BCUT2D eigenvalue weighted by atomic mass is 16.5. The van der Waals surface area contributed by atoms with E-state index in [1.807, 2.05) is 12.1 Å². The quantitative estimate of drug-likeness (QED) is 0.714. The van der Waals surface area contributed by atoms with Gasteiger partial charge < -0.3 is 4.74 Å². The number of benzene rings is 1. The maximum atomic E-state index is 11.5. The fourth-order valence-electron chi connectivity index (χ4n) is 1.56. The summed E-state index contributed by atoms with van der Waals surface area (Å²) in [6.45, 7) is 8.51. The lowest BCUT2D eigenvalue weighted by molar-refractivity contribution is 0.0600. The number of aryl methyl sites for hydroxylation is 1. The van der Waals surface area contributed by atoms with Crippen LogP contribution in [0.25, 0.3) is 0 Å². The van der Waals surface area contributed by atoms with E-state index in [-0.39, 0.29) is 11.4 Å². The van der Waals surface area contributed by atoms with Gasteiger partial charge in [0.15, 0.2) is 0 Å². The second-order valence-electron chi connectivity index (χ2n) is 5.01. The molecule has 0 radical (unpaired) electrons. The number of methoxy groups -OCH3 is 1. The monoisotopic (exact) mass is 220 g/mol. The Morgan fingerprint density at radius 1 is 1.25 bits per heavy atom. The molecule has 0 spiro atoms. The maximum absolute atomic E-state index is 11.5. The number of esters is 1. The molecular formula is C14H20O2. The van der Waals surface area contributed by atoms with Crippen molar-refractivity contribution in [3.05, 3.63) is 34.9 Å². The van der Waals surface area contributed by atoms with Crippen molar-refractivity contribution >= 4 is 5.97 Å². The second-order valence-corrected chi connectivity index (χ2v) is 5.01. The molecule has 1 aromatic carbocycles. The first-order valence-electron chi connectivity index (χ1n) is 5.61. The van der Waals surface area contributed by atoms with E-state index < -0.39 is 0 Å². The van der Waals surface area contributed by atoms with Crippen molar-refractivity contribution in [3.8, 4) is 0 Å². The van der Waals surface area contributed by atoms with Gasteiger partial charge in [0.25, 0.3) is 0 Å². The number of hydrogen-bond donors (Lipinski definition) is 0. The van der Waals surface area contributed by atoms with Gasteiger partial charge in [-0.2, -0.15) is 0 Å². The SMILES string of the molecule is CCc1cc(C(=O)OC)cc(C(C)(C)C)c1. The van der Waals surface area contributed by atoms with E-state index in [9.17, 15) is 4.79 Å². The number of carbonyl (C=O) groups is 1. The molecule has 88 valence electrons. The summed E-state index contributed by atoms with van der Waals surface area (Å²) in [5.41, 5.74) is 3.04. The van der Waals surface area contributed by atoms with Crippen LogP contribution in [0.15, 0.2) is 18.2 Å². The number of hydrogen-bond acceptors (Lipinski definition) is 2. The minimum absolute atomic E-state index is 0.0496. The van der Waals surface area contributed by atoms with Crippen LogP contribution in [-0.2, 0) is 16.6 Å². The first-order chi connectivity index (χ1) is 7.38. The van der Waals surface area contributed by atoms with E-state index in [0.717, 1.165) is 6.42 Å². The predicted molar refractivity (Wildman–Crippen MR) is 65.9 cm³/mol. The zero-order chi connectivity index (χ0) is 12.3. The third kappa shape index (κ3) is 2.84. The molecule has 0 unspecified atom stereocenters. The topological polar surface area (TPSA) is 26.3 Å². The van der Waals surface area contributed by atoms with Crippen LogP contribution in [0.1, 0.15) is 49.2 Å².